The Morgan fingerprint density at radius 3 is 2.50 bits per heavy atom. The van der Waals surface area contributed by atoms with Gasteiger partial charge in [-0.05, 0) is 31.2 Å². The summed E-state index contributed by atoms with van der Waals surface area (Å²) < 4.78 is 0. The topological polar surface area (TPSA) is 70.6 Å². The van der Waals surface area contributed by atoms with Crippen LogP contribution in [0.2, 0.25) is 10.0 Å². The second-order valence-electron chi connectivity index (χ2n) is 5.01. The fourth-order valence-corrected chi connectivity index (χ4v) is 2.24. The molecule has 5 nitrogen and oxygen atoms in total. The number of nitrogens with one attached hydrogen (secondary N) is 2. The Kier molecular flexibility index (Phi) is 6.35. The van der Waals surface area contributed by atoms with Gasteiger partial charge in [-0.15, -0.1) is 0 Å². The van der Waals surface area contributed by atoms with E-state index in [2.05, 4.69) is 15.8 Å². The molecule has 0 fully saturated rings. The summed E-state index contributed by atoms with van der Waals surface area (Å²) in [5.74, 6) is -0.772. The summed E-state index contributed by atoms with van der Waals surface area (Å²) in [5.41, 5.74) is 4.47. The van der Waals surface area contributed by atoms with Gasteiger partial charge in [0, 0.05) is 16.1 Å². The maximum Gasteiger partial charge on any atom is 0.259 e. The molecule has 2 rings (SSSR count). The number of carbonyl (C=O) groups is 2. The van der Waals surface area contributed by atoms with Gasteiger partial charge in [0.1, 0.15) is 0 Å². The molecule has 0 atom stereocenters. The van der Waals surface area contributed by atoms with E-state index >= 15 is 0 Å². The molecule has 24 heavy (non-hydrogen) atoms. The van der Waals surface area contributed by atoms with Crippen molar-refractivity contribution < 1.29 is 9.59 Å². The van der Waals surface area contributed by atoms with Crippen molar-refractivity contribution >= 4 is 41.2 Å². The summed E-state index contributed by atoms with van der Waals surface area (Å²) >= 11 is 11.8. The van der Waals surface area contributed by atoms with E-state index in [4.69, 9.17) is 23.2 Å². The lowest BCUT2D eigenvalue weighted by Gasteiger charge is -2.04. The molecule has 0 bridgehead atoms. The van der Waals surface area contributed by atoms with Crippen molar-refractivity contribution in [1.82, 2.24) is 10.7 Å². The van der Waals surface area contributed by atoms with Crippen LogP contribution >= 0.6 is 23.2 Å². The molecular weight excluding hydrogens is 349 g/mol. The van der Waals surface area contributed by atoms with Gasteiger partial charge in [0.15, 0.2) is 0 Å². The third-order valence-corrected chi connectivity index (χ3v) is 3.64. The van der Waals surface area contributed by atoms with Gasteiger partial charge in [0.25, 0.3) is 11.8 Å². The standard InChI is InChI=1S/C17H15Cl2N3O2/c1-11-2-4-12(5-3-11)17(24)20-10-16(23)22-21-9-13-6-7-14(18)8-15(13)19/h2-9H,10H2,1H3,(H,20,24)(H,22,23)/b21-9+. The molecule has 0 saturated heterocycles. The molecule has 0 aliphatic carbocycles. The minimum Gasteiger partial charge on any atom is -0.343 e. The van der Waals surface area contributed by atoms with E-state index in [-0.39, 0.29) is 12.5 Å². The predicted molar refractivity (Wildman–Crippen MR) is 95.7 cm³/mol. The maximum absolute atomic E-state index is 11.9. The number of amides is 2. The molecule has 0 aromatic heterocycles. The minimum atomic E-state index is -0.447. The molecule has 0 spiro atoms. The monoisotopic (exact) mass is 363 g/mol. The average molecular weight is 364 g/mol. The van der Waals surface area contributed by atoms with Gasteiger partial charge in [0.05, 0.1) is 17.8 Å². The third-order valence-electron chi connectivity index (χ3n) is 3.08. The van der Waals surface area contributed by atoms with Crippen molar-refractivity contribution in [3.05, 3.63) is 69.2 Å². The Balaban J connectivity index is 1.81. The molecule has 2 N–H and O–H groups in total. The fraction of sp³-hybridized carbons (Fsp3) is 0.118. The van der Waals surface area contributed by atoms with Crippen LogP contribution < -0.4 is 10.7 Å². The minimum absolute atomic E-state index is 0.182. The quantitative estimate of drug-likeness (QED) is 0.632. The molecule has 0 heterocycles. The smallest absolute Gasteiger partial charge is 0.259 e. The molecule has 124 valence electrons. The Morgan fingerprint density at radius 2 is 1.83 bits per heavy atom. The van der Waals surface area contributed by atoms with Crippen LogP contribution in [0, 0.1) is 6.92 Å². The summed E-state index contributed by atoms with van der Waals surface area (Å²) in [5, 5.41) is 7.25. The molecule has 2 aromatic carbocycles. The van der Waals surface area contributed by atoms with E-state index < -0.39 is 5.91 Å². The van der Waals surface area contributed by atoms with Crippen molar-refractivity contribution in [1.29, 1.82) is 0 Å². The molecule has 0 aliphatic heterocycles. The lowest BCUT2D eigenvalue weighted by atomic mass is 10.1. The van der Waals surface area contributed by atoms with E-state index in [1.54, 1.807) is 30.3 Å². The number of aryl methyl sites for hydroxylation is 1. The molecule has 0 radical (unpaired) electrons. The Labute approximate surface area is 149 Å². The van der Waals surface area contributed by atoms with Crippen LogP contribution in [0.4, 0.5) is 0 Å². The summed E-state index contributed by atoms with van der Waals surface area (Å²) in [6, 6.07) is 12.0. The fourth-order valence-electron chi connectivity index (χ4n) is 1.79. The predicted octanol–water partition coefficient (Wildman–Crippen LogP) is 3.18. The molecule has 0 saturated carbocycles. The summed E-state index contributed by atoms with van der Waals surface area (Å²) in [6.45, 7) is 1.75. The first-order valence-electron chi connectivity index (χ1n) is 7.07. The summed E-state index contributed by atoms with van der Waals surface area (Å²) in [7, 11) is 0. The molecule has 0 unspecified atom stereocenters. The van der Waals surface area contributed by atoms with Gasteiger partial charge in [-0.2, -0.15) is 5.10 Å². The molecule has 7 heteroatoms. The highest BCUT2D eigenvalue weighted by atomic mass is 35.5. The van der Waals surface area contributed by atoms with Crippen LogP contribution in [-0.2, 0) is 4.79 Å². The molecule has 2 aromatic rings. The van der Waals surface area contributed by atoms with Crippen molar-refractivity contribution in [2.75, 3.05) is 6.54 Å². The Bertz CT molecular complexity index is 774. The number of carbonyl (C=O) groups excluding carboxylic acids is 2. The van der Waals surface area contributed by atoms with Crippen molar-refractivity contribution in [2.45, 2.75) is 6.92 Å². The number of benzene rings is 2. The van der Waals surface area contributed by atoms with Crippen molar-refractivity contribution in [3.8, 4) is 0 Å². The summed E-state index contributed by atoms with van der Waals surface area (Å²) in [6.07, 6.45) is 1.40. The second-order valence-corrected chi connectivity index (χ2v) is 5.85. The van der Waals surface area contributed by atoms with Gasteiger partial charge >= 0.3 is 0 Å². The van der Waals surface area contributed by atoms with Gasteiger partial charge in [-0.3, -0.25) is 9.59 Å². The van der Waals surface area contributed by atoms with Gasteiger partial charge < -0.3 is 5.32 Å². The highest BCUT2D eigenvalue weighted by Crippen LogP contribution is 2.19. The van der Waals surface area contributed by atoms with Crippen molar-refractivity contribution in [3.63, 3.8) is 0 Å². The lowest BCUT2D eigenvalue weighted by Crippen LogP contribution is -2.34. The first-order valence-corrected chi connectivity index (χ1v) is 7.83. The zero-order valence-corrected chi connectivity index (χ0v) is 14.4. The molecule has 0 aliphatic rings. The van der Waals surface area contributed by atoms with E-state index in [0.717, 1.165) is 5.56 Å². The normalized spacial score (nSPS) is 10.6. The van der Waals surface area contributed by atoms with Crippen LogP contribution in [0.5, 0.6) is 0 Å². The number of rotatable bonds is 5. The van der Waals surface area contributed by atoms with Crippen LogP contribution in [0.1, 0.15) is 21.5 Å². The first-order chi connectivity index (χ1) is 11.5. The zero-order valence-electron chi connectivity index (χ0n) is 12.8. The average Bonchev–Trinajstić information content (AvgIpc) is 2.55. The largest absolute Gasteiger partial charge is 0.343 e. The number of halogens is 2. The first kappa shape index (κ1) is 18.0. The van der Waals surface area contributed by atoms with Crippen LogP contribution in [0.3, 0.4) is 0 Å². The van der Waals surface area contributed by atoms with E-state index in [1.807, 2.05) is 19.1 Å². The van der Waals surface area contributed by atoms with Crippen molar-refractivity contribution in [2.24, 2.45) is 5.10 Å². The summed E-state index contributed by atoms with van der Waals surface area (Å²) in [4.78, 5) is 23.5. The second kappa shape index (κ2) is 8.47. The number of hydrogen-bond donors (Lipinski definition) is 2. The third kappa shape index (κ3) is 5.37. The van der Waals surface area contributed by atoms with Crippen LogP contribution in [0.15, 0.2) is 47.6 Å². The van der Waals surface area contributed by atoms with Crippen LogP contribution in [0.25, 0.3) is 0 Å². The SMILES string of the molecule is Cc1ccc(C(=O)NCC(=O)N/N=C/c2ccc(Cl)cc2Cl)cc1. The Hall–Kier alpha value is -2.37. The Morgan fingerprint density at radius 1 is 1.12 bits per heavy atom. The lowest BCUT2D eigenvalue weighted by molar-refractivity contribution is -0.120. The zero-order chi connectivity index (χ0) is 17.5. The van der Waals surface area contributed by atoms with Gasteiger partial charge in [-0.25, -0.2) is 5.43 Å². The maximum atomic E-state index is 11.9. The number of nitrogens with zero attached hydrogens (tertiary/aromatic N) is 1. The van der Waals surface area contributed by atoms with E-state index in [1.165, 1.54) is 6.21 Å². The van der Waals surface area contributed by atoms with Gasteiger partial charge in [-0.1, -0.05) is 47.0 Å². The van der Waals surface area contributed by atoms with Gasteiger partial charge in [0.2, 0.25) is 0 Å². The highest BCUT2D eigenvalue weighted by Gasteiger charge is 2.07. The van der Waals surface area contributed by atoms with E-state index in [0.29, 0.717) is 21.2 Å². The highest BCUT2D eigenvalue weighted by molar-refractivity contribution is 6.36. The number of hydrogen-bond acceptors (Lipinski definition) is 3. The van der Waals surface area contributed by atoms with Crippen LogP contribution in [-0.4, -0.2) is 24.6 Å². The molecular formula is C17H15Cl2N3O2. The number of hydrazone groups is 1. The van der Waals surface area contributed by atoms with E-state index in [9.17, 15) is 9.59 Å². The molecule has 2 amide bonds.